The van der Waals surface area contributed by atoms with Crippen LogP contribution in [0.1, 0.15) is 56.8 Å². The molecular weight excluding hydrogens is 240 g/mol. The highest BCUT2D eigenvalue weighted by Crippen LogP contribution is 2.62. The normalized spacial score (nSPS) is 41.6. The monoisotopic (exact) mass is 262 g/mol. The maximum atomic E-state index is 11.1. The molecule has 5 rings (SSSR count). The van der Waals surface area contributed by atoms with Crippen molar-refractivity contribution in [1.29, 1.82) is 0 Å². The van der Waals surface area contributed by atoms with Crippen LogP contribution in [0.15, 0.2) is 4.79 Å². The lowest BCUT2D eigenvalue weighted by atomic mass is 9.48. The summed E-state index contributed by atoms with van der Waals surface area (Å²) >= 11 is 0. The lowest BCUT2D eigenvalue weighted by molar-refractivity contribution is -0.0608. The van der Waals surface area contributed by atoms with Gasteiger partial charge in [0.05, 0.1) is 6.04 Å². The van der Waals surface area contributed by atoms with Crippen molar-refractivity contribution >= 4 is 0 Å². The first-order chi connectivity index (χ1) is 9.12. The molecule has 4 saturated carbocycles. The summed E-state index contributed by atoms with van der Waals surface area (Å²) in [5.74, 6) is 3.45. The van der Waals surface area contributed by atoms with Gasteiger partial charge in [-0.3, -0.25) is 4.98 Å². The fourth-order valence-electron chi connectivity index (χ4n) is 5.56. The van der Waals surface area contributed by atoms with E-state index in [1.54, 1.807) is 0 Å². The average molecular weight is 262 g/mol. The summed E-state index contributed by atoms with van der Waals surface area (Å²) in [6.07, 6.45) is 9.39. The van der Waals surface area contributed by atoms with E-state index in [2.05, 4.69) is 15.2 Å². The number of aromatic amines is 2. The molecule has 1 unspecified atom stereocenters. The van der Waals surface area contributed by atoms with Gasteiger partial charge in [-0.05, 0) is 68.1 Å². The Labute approximate surface area is 112 Å². The molecule has 0 aliphatic heterocycles. The molecule has 1 atom stereocenters. The first-order valence-corrected chi connectivity index (χ1v) is 7.52. The Morgan fingerprint density at radius 1 is 1.21 bits per heavy atom. The summed E-state index contributed by atoms with van der Waals surface area (Å²) in [7, 11) is 0. The van der Waals surface area contributed by atoms with E-state index in [4.69, 9.17) is 5.73 Å². The van der Waals surface area contributed by atoms with E-state index in [1.807, 2.05) is 0 Å². The molecule has 104 valence electrons. The van der Waals surface area contributed by atoms with Gasteiger partial charge in [0, 0.05) is 0 Å². The molecule has 19 heavy (non-hydrogen) atoms. The van der Waals surface area contributed by atoms with E-state index in [9.17, 15) is 4.79 Å². The van der Waals surface area contributed by atoms with Crippen LogP contribution in [0, 0.1) is 23.2 Å². The van der Waals surface area contributed by atoms with E-state index >= 15 is 0 Å². The van der Waals surface area contributed by atoms with Crippen LogP contribution in [-0.2, 0) is 0 Å². The molecule has 4 aliphatic rings. The fraction of sp³-hybridized carbons (Fsp3) is 0.857. The van der Waals surface area contributed by atoms with Gasteiger partial charge in [0.1, 0.15) is 5.82 Å². The minimum Gasteiger partial charge on any atom is -0.321 e. The first-order valence-electron chi connectivity index (χ1n) is 7.52. The molecule has 4 bridgehead atoms. The van der Waals surface area contributed by atoms with Crippen molar-refractivity contribution in [2.45, 2.75) is 51.0 Å². The van der Waals surface area contributed by atoms with E-state index in [-0.39, 0.29) is 11.7 Å². The van der Waals surface area contributed by atoms with E-state index in [0.29, 0.717) is 11.2 Å². The molecule has 1 aromatic rings. The number of nitrogens with zero attached hydrogens (tertiary/aromatic N) is 1. The van der Waals surface area contributed by atoms with Crippen molar-refractivity contribution < 1.29 is 0 Å². The third kappa shape index (κ3) is 1.95. The second kappa shape index (κ2) is 3.95. The van der Waals surface area contributed by atoms with Crippen LogP contribution >= 0.6 is 0 Å². The molecule has 0 aromatic carbocycles. The van der Waals surface area contributed by atoms with Gasteiger partial charge in [-0.1, -0.05) is 0 Å². The predicted octanol–water partition coefficient (Wildman–Crippen LogP) is 1.70. The number of aromatic nitrogens is 3. The number of nitrogens with two attached hydrogens (primary N) is 1. The van der Waals surface area contributed by atoms with Crippen LogP contribution in [0.3, 0.4) is 0 Å². The Balaban J connectivity index is 1.54. The van der Waals surface area contributed by atoms with Gasteiger partial charge in [-0.25, -0.2) is 9.89 Å². The van der Waals surface area contributed by atoms with Crippen LogP contribution in [0.25, 0.3) is 0 Å². The molecule has 4 aliphatic carbocycles. The number of nitrogens with one attached hydrogen (secondary N) is 2. The minimum atomic E-state index is -0.254. The molecule has 4 fully saturated rings. The molecule has 0 saturated heterocycles. The van der Waals surface area contributed by atoms with Crippen LogP contribution in [0.4, 0.5) is 0 Å². The molecule has 0 spiro atoms. The molecule has 4 N–H and O–H groups in total. The summed E-state index contributed by atoms with van der Waals surface area (Å²) in [4.78, 5) is 13.8. The Hall–Kier alpha value is -1.10. The molecular formula is C14H22N4O. The van der Waals surface area contributed by atoms with E-state index in [1.165, 1.54) is 38.5 Å². The van der Waals surface area contributed by atoms with Gasteiger partial charge >= 0.3 is 5.69 Å². The first kappa shape index (κ1) is 11.7. The quantitative estimate of drug-likeness (QED) is 0.774. The summed E-state index contributed by atoms with van der Waals surface area (Å²) in [6, 6.07) is -0.129. The van der Waals surface area contributed by atoms with Gasteiger partial charge in [-0.2, -0.15) is 5.10 Å². The third-order valence-corrected chi connectivity index (χ3v) is 5.69. The molecule has 5 nitrogen and oxygen atoms in total. The highest BCUT2D eigenvalue weighted by Gasteiger charge is 2.51. The van der Waals surface area contributed by atoms with Crippen molar-refractivity contribution in [2.24, 2.45) is 28.9 Å². The fourth-order valence-corrected chi connectivity index (χ4v) is 5.56. The Morgan fingerprint density at radius 2 is 1.79 bits per heavy atom. The van der Waals surface area contributed by atoms with E-state index < -0.39 is 0 Å². The SMILES string of the molecule is NC(CC12CC3CC(CC(C3)C1)C2)c1n[nH]c(=O)[nH]1. The van der Waals surface area contributed by atoms with Gasteiger partial charge in [0.15, 0.2) is 0 Å². The second-order valence-electron chi connectivity index (χ2n) is 7.29. The molecule has 0 radical (unpaired) electrons. The third-order valence-electron chi connectivity index (χ3n) is 5.69. The topological polar surface area (TPSA) is 87.6 Å². The van der Waals surface area contributed by atoms with Crippen molar-refractivity contribution in [1.82, 2.24) is 15.2 Å². The summed E-state index contributed by atoms with van der Waals surface area (Å²) < 4.78 is 0. The summed E-state index contributed by atoms with van der Waals surface area (Å²) in [5, 5.41) is 6.41. The number of H-pyrrole nitrogens is 2. The molecule has 1 heterocycles. The Bertz CT molecular complexity index is 496. The van der Waals surface area contributed by atoms with Crippen molar-refractivity contribution in [3.63, 3.8) is 0 Å². The Kier molecular flexibility index (Phi) is 2.43. The molecule has 0 amide bonds. The van der Waals surface area contributed by atoms with Crippen LogP contribution in [0.2, 0.25) is 0 Å². The standard InChI is InChI=1S/C14H22N4O/c15-11(12-16-13(19)18-17-12)7-14-4-8-1-9(5-14)3-10(2-8)6-14/h8-11H,1-7,15H2,(H2,16,17,18,19). The van der Waals surface area contributed by atoms with E-state index in [0.717, 1.165) is 24.2 Å². The summed E-state index contributed by atoms with van der Waals surface area (Å²) in [6.45, 7) is 0. The van der Waals surface area contributed by atoms with Crippen LogP contribution in [0.5, 0.6) is 0 Å². The second-order valence-corrected chi connectivity index (χ2v) is 7.29. The van der Waals surface area contributed by atoms with Gasteiger partial charge in [0.2, 0.25) is 0 Å². The van der Waals surface area contributed by atoms with Gasteiger partial charge in [-0.15, -0.1) is 0 Å². The maximum absolute atomic E-state index is 11.1. The molecule has 5 heteroatoms. The highest BCUT2D eigenvalue weighted by atomic mass is 16.1. The van der Waals surface area contributed by atoms with Gasteiger partial charge < -0.3 is 5.73 Å². The zero-order valence-electron chi connectivity index (χ0n) is 11.2. The zero-order chi connectivity index (χ0) is 13.0. The van der Waals surface area contributed by atoms with Crippen molar-refractivity contribution in [3.05, 3.63) is 16.3 Å². The molecule has 1 aromatic heterocycles. The lowest BCUT2D eigenvalue weighted by Crippen LogP contribution is -2.47. The summed E-state index contributed by atoms with van der Waals surface area (Å²) in [5.41, 5.74) is 6.46. The largest absolute Gasteiger partial charge is 0.340 e. The van der Waals surface area contributed by atoms with Crippen LogP contribution in [-0.4, -0.2) is 15.2 Å². The highest BCUT2D eigenvalue weighted by molar-refractivity contribution is 5.04. The number of hydrogen-bond acceptors (Lipinski definition) is 3. The zero-order valence-corrected chi connectivity index (χ0v) is 11.2. The predicted molar refractivity (Wildman–Crippen MR) is 71.4 cm³/mol. The van der Waals surface area contributed by atoms with Crippen LogP contribution < -0.4 is 11.4 Å². The van der Waals surface area contributed by atoms with Crippen molar-refractivity contribution in [2.75, 3.05) is 0 Å². The number of rotatable bonds is 3. The van der Waals surface area contributed by atoms with Gasteiger partial charge in [0.25, 0.3) is 0 Å². The number of hydrogen-bond donors (Lipinski definition) is 3. The lowest BCUT2D eigenvalue weighted by Gasteiger charge is -2.57. The Morgan fingerprint density at radius 3 is 2.26 bits per heavy atom. The average Bonchev–Trinajstić information content (AvgIpc) is 2.73. The minimum absolute atomic E-state index is 0.129. The van der Waals surface area contributed by atoms with Crippen molar-refractivity contribution in [3.8, 4) is 0 Å². The smallest absolute Gasteiger partial charge is 0.321 e. The maximum Gasteiger partial charge on any atom is 0.340 e.